The molecule has 0 aliphatic rings. The number of amides is 1. The van der Waals surface area contributed by atoms with Gasteiger partial charge in [0, 0.05) is 17.7 Å². The first kappa shape index (κ1) is 19.1. The maximum Gasteiger partial charge on any atom is 0.238 e. The zero-order valence-electron chi connectivity index (χ0n) is 14.4. The van der Waals surface area contributed by atoms with E-state index in [-0.39, 0.29) is 10.8 Å². The molecular weight excluding hydrogens is 336 g/mol. The highest BCUT2D eigenvalue weighted by atomic mass is 32.2. The van der Waals surface area contributed by atoms with E-state index in [9.17, 15) is 13.2 Å². The number of benzene rings is 2. The first-order valence-electron chi connectivity index (χ1n) is 8.44. The van der Waals surface area contributed by atoms with E-state index in [2.05, 4.69) is 12.2 Å². The smallest absolute Gasteiger partial charge is 0.238 e. The summed E-state index contributed by atoms with van der Waals surface area (Å²) in [4.78, 5) is 12.0. The van der Waals surface area contributed by atoms with Gasteiger partial charge < -0.3 is 5.32 Å². The second kappa shape index (κ2) is 8.78. The third-order valence-corrected chi connectivity index (χ3v) is 4.90. The monoisotopic (exact) mass is 360 g/mol. The SMILES string of the molecule is CCCCCCC(=O)Nc1ccc(-c2ccccc2S(N)(=O)=O)cc1. The topological polar surface area (TPSA) is 89.3 Å². The van der Waals surface area contributed by atoms with Crippen molar-refractivity contribution in [2.75, 3.05) is 5.32 Å². The number of sulfonamides is 1. The average molecular weight is 360 g/mol. The summed E-state index contributed by atoms with van der Waals surface area (Å²) in [6.45, 7) is 2.13. The molecule has 0 fully saturated rings. The molecule has 2 rings (SSSR count). The number of hydrogen-bond donors (Lipinski definition) is 2. The van der Waals surface area contributed by atoms with Crippen LogP contribution in [0.25, 0.3) is 11.1 Å². The fraction of sp³-hybridized carbons (Fsp3) is 0.316. The number of unbranched alkanes of at least 4 members (excludes halogenated alkanes) is 3. The minimum Gasteiger partial charge on any atom is -0.326 e. The van der Waals surface area contributed by atoms with Crippen molar-refractivity contribution in [3.63, 3.8) is 0 Å². The van der Waals surface area contributed by atoms with Crippen LogP contribution in [-0.4, -0.2) is 14.3 Å². The first-order valence-corrected chi connectivity index (χ1v) is 9.98. The van der Waals surface area contributed by atoms with E-state index in [4.69, 9.17) is 5.14 Å². The van der Waals surface area contributed by atoms with Gasteiger partial charge in [0.25, 0.3) is 0 Å². The molecular formula is C19H24N2O3S. The molecule has 1 amide bonds. The number of nitrogens with two attached hydrogens (primary N) is 1. The molecule has 6 heteroatoms. The second-order valence-corrected chi connectivity index (χ2v) is 7.51. The molecule has 0 saturated carbocycles. The standard InChI is InChI=1S/C19H24N2O3S/c1-2-3-4-5-10-19(22)21-16-13-11-15(12-14-16)17-8-6-7-9-18(17)25(20,23)24/h6-9,11-14H,2-5,10H2,1H3,(H,21,22)(H2,20,23,24). The van der Waals surface area contributed by atoms with Crippen molar-refractivity contribution in [2.45, 2.75) is 43.9 Å². The van der Waals surface area contributed by atoms with Crippen molar-refractivity contribution in [3.05, 3.63) is 48.5 Å². The summed E-state index contributed by atoms with van der Waals surface area (Å²) in [5.74, 6) is -0.00575. The molecule has 0 atom stereocenters. The van der Waals surface area contributed by atoms with Crippen LogP contribution in [0, 0.1) is 0 Å². The normalized spacial score (nSPS) is 11.3. The van der Waals surface area contributed by atoms with E-state index in [1.165, 1.54) is 6.07 Å². The summed E-state index contributed by atoms with van der Waals surface area (Å²) < 4.78 is 23.4. The Labute approximate surface area is 149 Å². The fourth-order valence-corrected chi connectivity index (χ4v) is 3.38. The van der Waals surface area contributed by atoms with Crippen LogP contribution in [0.2, 0.25) is 0 Å². The summed E-state index contributed by atoms with van der Waals surface area (Å²) in [6.07, 6.45) is 4.75. The Morgan fingerprint density at radius 1 is 1.00 bits per heavy atom. The van der Waals surface area contributed by atoms with Gasteiger partial charge in [-0.3, -0.25) is 4.79 Å². The van der Waals surface area contributed by atoms with Gasteiger partial charge in [-0.15, -0.1) is 0 Å². The number of primary sulfonamides is 1. The Hall–Kier alpha value is -2.18. The van der Waals surface area contributed by atoms with Gasteiger partial charge in [-0.25, -0.2) is 13.6 Å². The predicted octanol–water partition coefficient (Wildman–Crippen LogP) is 3.91. The molecule has 0 spiro atoms. The maximum absolute atomic E-state index is 11.9. The van der Waals surface area contributed by atoms with Crippen LogP contribution in [0.15, 0.2) is 53.4 Å². The molecule has 2 aromatic carbocycles. The number of anilines is 1. The van der Waals surface area contributed by atoms with E-state index < -0.39 is 10.0 Å². The highest BCUT2D eigenvalue weighted by Crippen LogP contribution is 2.27. The summed E-state index contributed by atoms with van der Waals surface area (Å²) in [7, 11) is -3.80. The summed E-state index contributed by atoms with van der Waals surface area (Å²) >= 11 is 0. The number of carbonyl (C=O) groups is 1. The van der Waals surface area contributed by atoms with E-state index in [0.717, 1.165) is 31.2 Å². The predicted molar refractivity (Wildman–Crippen MR) is 101 cm³/mol. The lowest BCUT2D eigenvalue weighted by Crippen LogP contribution is -2.13. The molecule has 0 unspecified atom stereocenters. The first-order chi connectivity index (χ1) is 11.9. The van der Waals surface area contributed by atoms with Gasteiger partial charge in [0.1, 0.15) is 0 Å². The largest absolute Gasteiger partial charge is 0.326 e. The number of hydrogen-bond acceptors (Lipinski definition) is 3. The van der Waals surface area contributed by atoms with Crippen LogP contribution in [0.4, 0.5) is 5.69 Å². The molecule has 5 nitrogen and oxygen atoms in total. The molecule has 0 radical (unpaired) electrons. The van der Waals surface area contributed by atoms with E-state index in [0.29, 0.717) is 17.7 Å². The van der Waals surface area contributed by atoms with Crippen LogP contribution < -0.4 is 10.5 Å². The summed E-state index contributed by atoms with van der Waals surface area (Å²) in [5.41, 5.74) is 1.96. The third-order valence-electron chi connectivity index (χ3n) is 3.93. The highest BCUT2D eigenvalue weighted by molar-refractivity contribution is 7.89. The number of rotatable bonds is 8. The Bertz CT molecular complexity index is 815. The molecule has 134 valence electrons. The second-order valence-electron chi connectivity index (χ2n) is 5.98. The van der Waals surface area contributed by atoms with Crippen LogP contribution in [-0.2, 0) is 14.8 Å². The molecule has 0 bridgehead atoms. The molecule has 3 N–H and O–H groups in total. The van der Waals surface area contributed by atoms with Gasteiger partial charge in [-0.1, -0.05) is 56.5 Å². The zero-order valence-corrected chi connectivity index (χ0v) is 15.2. The van der Waals surface area contributed by atoms with Crippen LogP contribution in [0.3, 0.4) is 0 Å². The Kier molecular flexibility index (Phi) is 6.73. The fourth-order valence-electron chi connectivity index (χ4n) is 2.62. The molecule has 0 aromatic heterocycles. The molecule has 0 aliphatic carbocycles. The maximum atomic E-state index is 11.9. The number of carbonyl (C=O) groups excluding carboxylic acids is 1. The van der Waals surface area contributed by atoms with Gasteiger partial charge >= 0.3 is 0 Å². The Morgan fingerprint density at radius 3 is 2.32 bits per heavy atom. The minimum absolute atomic E-state index is 0.00575. The van der Waals surface area contributed by atoms with Crippen molar-refractivity contribution >= 4 is 21.6 Å². The van der Waals surface area contributed by atoms with Crippen LogP contribution in [0.1, 0.15) is 39.0 Å². The van der Waals surface area contributed by atoms with Crippen LogP contribution in [0.5, 0.6) is 0 Å². The Morgan fingerprint density at radius 2 is 1.68 bits per heavy atom. The summed E-state index contributed by atoms with van der Waals surface area (Å²) in [6, 6.07) is 13.7. The lowest BCUT2D eigenvalue weighted by atomic mass is 10.1. The van der Waals surface area contributed by atoms with Crippen LogP contribution >= 0.6 is 0 Å². The number of nitrogens with one attached hydrogen (secondary N) is 1. The molecule has 0 heterocycles. The van der Waals surface area contributed by atoms with Crippen molar-refractivity contribution in [2.24, 2.45) is 5.14 Å². The quantitative estimate of drug-likeness (QED) is 0.699. The lowest BCUT2D eigenvalue weighted by molar-refractivity contribution is -0.116. The lowest BCUT2D eigenvalue weighted by Gasteiger charge is -2.09. The van der Waals surface area contributed by atoms with E-state index in [1.54, 1.807) is 42.5 Å². The van der Waals surface area contributed by atoms with Crippen molar-refractivity contribution < 1.29 is 13.2 Å². The molecule has 0 saturated heterocycles. The van der Waals surface area contributed by atoms with Crippen molar-refractivity contribution in [1.29, 1.82) is 0 Å². The van der Waals surface area contributed by atoms with Gasteiger partial charge in [-0.05, 0) is 30.2 Å². The van der Waals surface area contributed by atoms with Crippen molar-refractivity contribution in [3.8, 4) is 11.1 Å². The van der Waals surface area contributed by atoms with Gasteiger partial charge in [0.05, 0.1) is 4.90 Å². The van der Waals surface area contributed by atoms with E-state index >= 15 is 0 Å². The van der Waals surface area contributed by atoms with Gasteiger partial charge in [-0.2, -0.15) is 0 Å². The average Bonchev–Trinajstić information content (AvgIpc) is 2.59. The summed E-state index contributed by atoms with van der Waals surface area (Å²) in [5, 5.41) is 8.13. The molecule has 0 aliphatic heterocycles. The molecule has 2 aromatic rings. The highest BCUT2D eigenvalue weighted by Gasteiger charge is 2.14. The third kappa shape index (κ3) is 5.69. The minimum atomic E-state index is -3.80. The van der Waals surface area contributed by atoms with Gasteiger partial charge in [0.2, 0.25) is 15.9 Å². The van der Waals surface area contributed by atoms with Gasteiger partial charge in [0.15, 0.2) is 0 Å². The van der Waals surface area contributed by atoms with Crippen molar-refractivity contribution in [1.82, 2.24) is 0 Å². The zero-order chi connectivity index (χ0) is 18.3. The van der Waals surface area contributed by atoms with E-state index in [1.807, 2.05) is 0 Å². The molecule has 25 heavy (non-hydrogen) atoms. The Balaban J connectivity index is 2.07.